The molecule has 3 amide bonds. The van der Waals surface area contributed by atoms with E-state index in [0.29, 0.717) is 31.1 Å². The number of hydrogen-bond donors (Lipinski definition) is 1. The van der Waals surface area contributed by atoms with E-state index in [0.717, 1.165) is 28.1 Å². The Bertz CT molecular complexity index is 1180. The Labute approximate surface area is 216 Å². The molecule has 0 bridgehead atoms. The zero-order valence-electron chi connectivity index (χ0n) is 21.0. The van der Waals surface area contributed by atoms with Crippen LogP contribution in [0.2, 0.25) is 0 Å². The molecule has 0 aliphatic carbocycles. The number of amides is 3. The minimum Gasteiger partial charge on any atom is -0.454 e. The number of carbonyl (C=O) groups excluding carboxylic acids is 2. The van der Waals surface area contributed by atoms with E-state index in [1.54, 1.807) is 21.1 Å². The first-order valence-corrected chi connectivity index (χ1v) is 13.1. The molecule has 0 spiro atoms. The molecule has 2 heterocycles. The Hall–Kier alpha value is -3.52. The third kappa shape index (κ3) is 6.57. The van der Waals surface area contributed by atoms with E-state index >= 15 is 0 Å². The van der Waals surface area contributed by atoms with Gasteiger partial charge in [-0.3, -0.25) is 4.79 Å². The van der Waals surface area contributed by atoms with Crippen molar-refractivity contribution in [1.82, 2.24) is 9.80 Å². The van der Waals surface area contributed by atoms with E-state index in [4.69, 9.17) is 9.47 Å². The summed E-state index contributed by atoms with van der Waals surface area (Å²) in [4.78, 5) is 31.4. The summed E-state index contributed by atoms with van der Waals surface area (Å²) in [5, 5.41) is 5.02. The Morgan fingerprint density at radius 1 is 1.00 bits per heavy atom. The smallest absolute Gasteiger partial charge is 0.322 e. The second kappa shape index (κ2) is 11.9. The largest absolute Gasteiger partial charge is 0.454 e. The van der Waals surface area contributed by atoms with Crippen LogP contribution in [0.5, 0.6) is 11.5 Å². The molecule has 4 rings (SSSR count). The fourth-order valence-electron chi connectivity index (χ4n) is 4.15. The molecule has 0 radical (unpaired) electrons. The van der Waals surface area contributed by atoms with Crippen LogP contribution in [0.4, 0.5) is 10.5 Å². The highest BCUT2D eigenvalue weighted by Crippen LogP contribution is 2.33. The molecule has 0 saturated carbocycles. The summed E-state index contributed by atoms with van der Waals surface area (Å²) in [5.74, 6) is 1.50. The van der Waals surface area contributed by atoms with Gasteiger partial charge in [-0.2, -0.15) is 0 Å². The summed E-state index contributed by atoms with van der Waals surface area (Å²) in [6.45, 7) is 7.69. The van der Waals surface area contributed by atoms with Crippen LogP contribution in [0, 0.1) is 5.92 Å². The molecule has 0 atom stereocenters. The van der Waals surface area contributed by atoms with Crippen molar-refractivity contribution in [3.05, 3.63) is 76.0 Å². The predicted molar refractivity (Wildman–Crippen MR) is 142 cm³/mol. The lowest BCUT2D eigenvalue weighted by atomic mass is 10.1. The van der Waals surface area contributed by atoms with Gasteiger partial charge in [-0.05, 0) is 53.1 Å². The molecule has 190 valence electrons. The van der Waals surface area contributed by atoms with Gasteiger partial charge in [-0.1, -0.05) is 51.1 Å². The van der Waals surface area contributed by atoms with Crippen molar-refractivity contribution in [3.8, 4) is 11.5 Å². The lowest BCUT2D eigenvalue weighted by Crippen LogP contribution is -2.45. The Morgan fingerprint density at radius 2 is 1.81 bits per heavy atom. The SMILES string of the molecule is CCc1ccccc1NC(=O)N(CC(=O)N(Cc1ccc2c(c1)OCO2)Cc1cccs1)CC(C)C. The maximum absolute atomic E-state index is 13.6. The highest BCUT2D eigenvalue weighted by atomic mass is 32.1. The van der Waals surface area contributed by atoms with Crippen LogP contribution in [0.3, 0.4) is 0 Å². The number of nitrogens with zero attached hydrogens (tertiary/aromatic N) is 2. The number of ether oxygens (including phenoxy) is 2. The number of aryl methyl sites for hydroxylation is 1. The third-order valence-corrected chi connectivity index (χ3v) is 6.79. The van der Waals surface area contributed by atoms with Gasteiger partial charge >= 0.3 is 6.03 Å². The van der Waals surface area contributed by atoms with Crippen molar-refractivity contribution in [3.63, 3.8) is 0 Å². The normalized spacial score (nSPS) is 12.0. The van der Waals surface area contributed by atoms with Crippen molar-refractivity contribution in [2.45, 2.75) is 40.3 Å². The highest BCUT2D eigenvalue weighted by molar-refractivity contribution is 7.09. The van der Waals surface area contributed by atoms with Gasteiger partial charge in [0.15, 0.2) is 11.5 Å². The molecule has 0 unspecified atom stereocenters. The molecule has 1 aliphatic heterocycles. The lowest BCUT2D eigenvalue weighted by molar-refractivity contribution is -0.133. The van der Waals surface area contributed by atoms with Crippen LogP contribution < -0.4 is 14.8 Å². The van der Waals surface area contributed by atoms with E-state index in [2.05, 4.69) is 12.2 Å². The summed E-state index contributed by atoms with van der Waals surface area (Å²) < 4.78 is 10.9. The van der Waals surface area contributed by atoms with Gasteiger partial charge in [0.1, 0.15) is 6.54 Å². The predicted octanol–water partition coefficient (Wildman–Crippen LogP) is 5.76. The maximum atomic E-state index is 13.6. The first-order valence-electron chi connectivity index (χ1n) is 12.3. The molecule has 8 heteroatoms. The topological polar surface area (TPSA) is 71.1 Å². The molecule has 3 aromatic rings. The van der Waals surface area contributed by atoms with Crippen LogP contribution in [-0.4, -0.2) is 41.6 Å². The van der Waals surface area contributed by atoms with Gasteiger partial charge < -0.3 is 24.6 Å². The minimum absolute atomic E-state index is 0.00572. The van der Waals surface area contributed by atoms with Crippen molar-refractivity contribution in [2.75, 3.05) is 25.2 Å². The number of hydrogen-bond acceptors (Lipinski definition) is 5. The van der Waals surface area contributed by atoms with Gasteiger partial charge in [0.05, 0.1) is 6.54 Å². The molecule has 1 aliphatic rings. The summed E-state index contributed by atoms with van der Waals surface area (Å²) in [7, 11) is 0. The van der Waals surface area contributed by atoms with E-state index < -0.39 is 0 Å². The number of urea groups is 1. The molecule has 0 saturated heterocycles. The van der Waals surface area contributed by atoms with Crippen molar-refractivity contribution >= 4 is 29.0 Å². The number of carbonyl (C=O) groups is 2. The minimum atomic E-state index is -0.267. The van der Waals surface area contributed by atoms with Crippen molar-refractivity contribution in [2.24, 2.45) is 5.92 Å². The molecule has 1 N–H and O–H groups in total. The second-order valence-corrected chi connectivity index (χ2v) is 10.3. The molecule has 0 fully saturated rings. The zero-order chi connectivity index (χ0) is 25.5. The average Bonchev–Trinajstić information content (AvgIpc) is 3.55. The molecular formula is C28H33N3O4S. The standard InChI is InChI=1S/C28H33N3O4S/c1-4-22-8-5-6-10-24(22)29-28(33)31(15-20(2)3)18-27(32)30(17-23-9-7-13-36-23)16-21-11-12-25-26(14-21)35-19-34-25/h5-14,20H,4,15-19H2,1-3H3,(H,29,33). The van der Waals surface area contributed by atoms with Gasteiger partial charge in [0.2, 0.25) is 12.7 Å². The van der Waals surface area contributed by atoms with Gasteiger partial charge in [0, 0.05) is 23.7 Å². The molecule has 7 nitrogen and oxygen atoms in total. The zero-order valence-corrected chi connectivity index (χ0v) is 21.8. The number of nitrogens with one attached hydrogen (secondary N) is 1. The van der Waals surface area contributed by atoms with Crippen LogP contribution in [0.25, 0.3) is 0 Å². The number of thiophene rings is 1. The average molecular weight is 508 g/mol. The van der Waals surface area contributed by atoms with E-state index in [9.17, 15) is 9.59 Å². The van der Waals surface area contributed by atoms with E-state index in [-0.39, 0.29) is 31.2 Å². The van der Waals surface area contributed by atoms with Gasteiger partial charge in [0.25, 0.3) is 0 Å². The van der Waals surface area contributed by atoms with Gasteiger partial charge in [-0.15, -0.1) is 11.3 Å². The van der Waals surface area contributed by atoms with Crippen molar-refractivity contribution in [1.29, 1.82) is 0 Å². The number of anilines is 1. The fourth-order valence-corrected chi connectivity index (χ4v) is 4.87. The first kappa shape index (κ1) is 25.6. The van der Waals surface area contributed by atoms with E-state index in [1.807, 2.05) is 73.8 Å². The Balaban J connectivity index is 1.51. The number of para-hydroxylation sites is 1. The number of rotatable bonds is 10. The number of benzene rings is 2. The van der Waals surface area contributed by atoms with Crippen LogP contribution >= 0.6 is 11.3 Å². The molecular weight excluding hydrogens is 474 g/mol. The molecule has 1 aromatic heterocycles. The quantitative estimate of drug-likeness (QED) is 0.379. The maximum Gasteiger partial charge on any atom is 0.322 e. The summed E-state index contributed by atoms with van der Waals surface area (Å²) in [5.41, 5.74) is 2.78. The van der Waals surface area contributed by atoms with Crippen LogP contribution in [0.15, 0.2) is 60.0 Å². The van der Waals surface area contributed by atoms with E-state index in [1.165, 1.54) is 0 Å². The summed E-state index contributed by atoms with van der Waals surface area (Å²) >= 11 is 1.61. The van der Waals surface area contributed by atoms with Crippen molar-refractivity contribution < 1.29 is 19.1 Å². The Morgan fingerprint density at radius 3 is 2.56 bits per heavy atom. The van der Waals surface area contributed by atoms with Crippen LogP contribution in [-0.2, 0) is 24.3 Å². The Kier molecular flexibility index (Phi) is 8.48. The fraction of sp³-hybridized carbons (Fsp3) is 0.357. The second-order valence-electron chi connectivity index (χ2n) is 9.23. The highest BCUT2D eigenvalue weighted by Gasteiger charge is 2.24. The lowest BCUT2D eigenvalue weighted by Gasteiger charge is -2.29. The van der Waals surface area contributed by atoms with Gasteiger partial charge in [-0.25, -0.2) is 4.79 Å². The monoisotopic (exact) mass is 507 g/mol. The first-order chi connectivity index (χ1) is 17.4. The summed E-state index contributed by atoms with van der Waals surface area (Å²) in [6, 6.07) is 17.2. The molecule has 36 heavy (non-hydrogen) atoms. The third-order valence-electron chi connectivity index (χ3n) is 5.93. The van der Waals surface area contributed by atoms with Crippen LogP contribution in [0.1, 0.15) is 36.8 Å². The summed E-state index contributed by atoms with van der Waals surface area (Å²) in [6.07, 6.45) is 0.809. The number of fused-ring (bicyclic) bond motifs is 1. The molecule has 2 aromatic carbocycles.